The molecule has 0 aliphatic rings. The number of amides is 1. The number of nitrogens with one attached hydrogen (secondary N) is 2. The second kappa shape index (κ2) is 10.9. The van der Waals surface area contributed by atoms with Crippen LogP contribution in [-0.4, -0.2) is 28.7 Å². The highest BCUT2D eigenvalue weighted by Gasteiger charge is 2.27. The third-order valence-electron chi connectivity index (χ3n) is 5.89. The number of aromatic amines is 1. The molecule has 0 aliphatic heterocycles. The van der Waals surface area contributed by atoms with Crippen LogP contribution in [0.5, 0.6) is 5.75 Å². The molecule has 194 valence electrons. The zero-order valence-electron chi connectivity index (χ0n) is 21.6. The van der Waals surface area contributed by atoms with Crippen molar-refractivity contribution >= 4 is 33.9 Å². The number of rotatable bonds is 8. The lowest BCUT2D eigenvalue weighted by Crippen LogP contribution is -2.46. The van der Waals surface area contributed by atoms with E-state index in [1.165, 1.54) is 12.1 Å². The fraction of sp³-hybridized carbons (Fsp3) is 0.345. The fourth-order valence-corrected chi connectivity index (χ4v) is 4.20. The van der Waals surface area contributed by atoms with Crippen molar-refractivity contribution < 1.29 is 23.5 Å². The molecule has 2 aromatic carbocycles. The zero-order valence-corrected chi connectivity index (χ0v) is 21.6. The summed E-state index contributed by atoms with van der Waals surface area (Å²) in [5.74, 6) is -0.455. The Labute approximate surface area is 215 Å². The number of fused-ring (bicyclic) bond motifs is 2. The standard InChI is InChI=1S/C29H32N2O6/c1-5-6-9-18-15-26(32)36-25-16-20(12-13-22(18)25)35-27(33)24(31-28(34)37-29(2,3)4)14-19-17-30-23-11-8-7-10-21(19)23/h7-8,10-13,15-17,24,30H,5-6,9,14H2,1-4H3,(H,31,34)/t24-/m0/s1. The van der Waals surface area contributed by atoms with Gasteiger partial charge in [-0.05, 0) is 62.9 Å². The van der Waals surface area contributed by atoms with Crippen molar-refractivity contribution in [2.75, 3.05) is 0 Å². The molecule has 0 bridgehead atoms. The minimum absolute atomic E-state index is 0.186. The van der Waals surface area contributed by atoms with Crippen LogP contribution in [0.15, 0.2) is 63.9 Å². The lowest BCUT2D eigenvalue weighted by molar-refractivity contribution is -0.136. The van der Waals surface area contributed by atoms with E-state index in [9.17, 15) is 14.4 Å². The molecule has 0 saturated heterocycles. The first-order chi connectivity index (χ1) is 17.6. The molecule has 0 spiro atoms. The molecule has 0 radical (unpaired) electrons. The zero-order chi connectivity index (χ0) is 26.6. The van der Waals surface area contributed by atoms with Gasteiger partial charge in [0.25, 0.3) is 0 Å². The third-order valence-corrected chi connectivity index (χ3v) is 5.89. The molecule has 2 aromatic heterocycles. The number of hydrogen-bond donors (Lipinski definition) is 2. The van der Waals surface area contributed by atoms with E-state index in [1.807, 2.05) is 30.5 Å². The van der Waals surface area contributed by atoms with Gasteiger partial charge in [-0.1, -0.05) is 31.5 Å². The normalized spacial score (nSPS) is 12.4. The number of alkyl carbamates (subject to hydrolysis) is 1. The van der Waals surface area contributed by atoms with E-state index >= 15 is 0 Å². The molecular formula is C29H32N2O6. The quantitative estimate of drug-likeness (QED) is 0.182. The van der Waals surface area contributed by atoms with E-state index in [4.69, 9.17) is 13.9 Å². The topological polar surface area (TPSA) is 111 Å². The van der Waals surface area contributed by atoms with Gasteiger partial charge in [0.2, 0.25) is 0 Å². The summed E-state index contributed by atoms with van der Waals surface area (Å²) in [6.45, 7) is 7.33. The van der Waals surface area contributed by atoms with E-state index < -0.39 is 29.3 Å². The Morgan fingerprint density at radius 3 is 2.59 bits per heavy atom. The summed E-state index contributed by atoms with van der Waals surface area (Å²) >= 11 is 0. The van der Waals surface area contributed by atoms with Gasteiger partial charge in [0, 0.05) is 41.0 Å². The Morgan fingerprint density at radius 1 is 1.05 bits per heavy atom. The summed E-state index contributed by atoms with van der Waals surface area (Å²) in [6.07, 6.45) is 3.97. The molecular weight excluding hydrogens is 472 g/mol. The summed E-state index contributed by atoms with van der Waals surface area (Å²) in [4.78, 5) is 41.1. The van der Waals surface area contributed by atoms with E-state index in [0.29, 0.717) is 5.58 Å². The minimum Gasteiger partial charge on any atom is -0.444 e. The number of aromatic nitrogens is 1. The maximum atomic E-state index is 13.3. The second-order valence-corrected chi connectivity index (χ2v) is 10.0. The monoisotopic (exact) mass is 504 g/mol. The lowest BCUT2D eigenvalue weighted by atomic mass is 10.0. The highest BCUT2D eigenvalue weighted by atomic mass is 16.6. The summed E-state index contributed by atoms with van der Waals surface area (Å²) in [5.41, 5.74) is 1.83. The van der Waals surface area contributed by atoms with Crippen LogP contribution in [-0.2, 0) is 22.4 Å². The molecule has 37 heavy (non-hydrogen) atoms. The van der Waals surface area contributed by atoms with E-state index in [2.05, 4.69) is 17.2 Å². The van der Waals surface area contributed by atoms with Crippen molar-refractivity contribution in [3.63, 3.8) is 0 Å². The molecule has 0 saturated carbocycles. The number of carbonyl (C=O) groups excluding carboxylic acids is 2. The minimum atomic E-state index is -1.02. The smallest absolute Gasteiger partial charge is 0.408 e. The number of ether oxygens (including phenoxy) is 2. The van der Waals surface area contributed by atoms with Gasteiger partial charge in [-0.15, -0.1) is 0 Å². The Bertz CT molecular complexity index is 1480. The molecule has 8 heteroatoms. The van der Waals surface area contributed by atoms with Gasteiger partial charge in [-0.3, -0.25) is 0 Å². The Hall–Kier alpha value is -4.07. The molecule has 0 aliphatic carbocycles. The van der Waals surface area contributed by atoms with E-state index in [-0.39, 0.29) is 12.2 Å². The first kappa shape index (κ1) is 26.0. The number of hydrogen-bond acceptors (Lipinski definition) is 6. The summed E-state index contributed by atoms with van der Waals surface area (Å²) in [6, 6.07) is 13.2. The van der Waals surface area contributed by atoms with Crippen molar-refractivity contribution in [1.29, 1.82) is 0 Å². The first-order valence-electron chi connectivity index (χ1n) is 12.5. The average molecular weight is 505 g/mol. The van der Waals surface area contributed by atoms with Gasteiger partial charge in [0.05, 0.1) is 0 Å². The van der Waals surface area contributed by atoms with Crippen LogP contribution in [0.3, 0.4) is 0 Å². The molecule has 2 heterocycles. The largest absolute Gasteiger partial charge is 0.444 e. The maximum Gasteiger partial charge on any atom is 0.408 e. The number of unbranched alkanes of at least 4 members (excludes halogenated alkanes) is 1. The van der Waals surface area contributed by atoms with Crippen molar-refractivity contribution in [3.8, 4) is 5.75 Å². The number of benzene rings is 2. The van der Waals surface area contributed by atoms with Gasteiger partial charge >= 0.3 is 17.7 Å². The SMILES string of the molecule is CCCCc1cc(=O)oc2cc(OC(=O)[C@H](Cc3c[nH]c4ccccc34)NC(=O)OC(C)(C)C)ccc12. The molecule has 1 amide bonds. The van der Waals surface area contributed by atoms with Gasteiger partial charge in [-0.2, -0.15) is 0 Å². The van der Waals surface area contributed by atoms with Crippen LogP contribution in [0.25, 0.3) is 21.9 Å². The Balaban J connectivity index is 1.60. The predicted molar refractivity (Wildman–Crippen MR) is 142 cm³/mol. The van der Waals surface area contributed by atoms with Gasteiger partial charge < -0.3 is 24.2 Å². The molecule has 4 aromatic rings. The molecule has 4 rings (SSSR count). The lowest BCUT2D eigenvalue weighted by Gasteiger charge is -2.23. The average Bonchev–Trinajstić information content (AvgIpc) is 3.23. The number of para-hydroxylation sites is 1. The molecule has 2 N–H and O–H groups in total. The first-order valence-corrected chi connectivity index (χ1v) is 12.5. The van der Waals surface area contributed by atoms with E-state index in [1.54, 1.807) is 32.9 Å². The number of H-pyrrole nitrogens is 1. The predicted octanol–water partition coefficient (Wildman–Crippen LogP) is 5.66. The van der Waals surface area contributed by atoms with E-state index in [0.717, 1.165) is 46.7 Å². The van der Waals surface area contributed by atoms with Crippen LogP contribution in [0.1, 0.15) is 51.7 Å². The van der Waals surface area contributed by atoms with Crippen molar-refractivity contribution in [1.82, 2.24) is 10.3 Å². The highest BCUT2D eigenvalue weighted by Crippen LogP contribution is 2.25. The van der Waals surface area contributed by atoms with Gasteiger partial charge in [-0.25, -0.2) is 14.4 Å². The molecule has 0 fully saturated rings. The number of esters is 1. The highest BCUT2D eigenvalue weighted by molar-refractivity contribution is 5.88. The van der Waals surface area contributed by atoms with Gasteiger partial charge in [0.15, 0.2) is 0 Å². The summed E-state index contributed by atoms with van der Waals surface area (Å²) in [7, 11) is 0. The van der Waals surface area contributed by atoms with Crippen molar-refractivity contribution in [2.24, 2.45) is 0 Å². The number of aryl methyl sites for hydroxylation is 1. The fourth-order valence-electron chi connectivity index (χ4n) is 4.20. The van der Waals surface area contributed by atoms with Crippen LogP contribution in [0.4, 0.5) is 4.79 Å². The third kappa shape index (κ3) is 6.58. The second-order valence-electron chi connectivity index (χ2n) is 10.0. The van der Waals surface area contributed by atoms with Crippen LogP contribution in [0.2, 0.25) is 0 Å². The Morgan fingerprint density at radius 2 is 1.84 bits per heavy atom. The Kier molecular flexibility index (Phi) is 7.66. The molecule has 0 unspecified atom stereocenters. The summed E-state index contributed by atoms with van der Waals surface area (Å²) < 4.78 is 16.4. The van der Waals surface area contributed by atoms with Crippen molar-refractivity contribution in [3.05, 3.63) is 76.3 Å². The van der Waals surface area contributed by atoms with Crippen LogP contribution >= 0.6 is 0 Å². The number of carbonyl (C=O) groups is 2. The van der Waals surface area contributed by atoms with Crippen LogP contribution in [0, 0.1) is 0 Å². The molecule has 1 atom stereocenters. The van der Waals surface area contributed by atoms with Crippen LogP contribution < -0.4 is 15.7 Å². The maximum absolute atomic E-state index is 13.3. The van der Waals surface area contributed by atoms with Gasteiger partial charge in [0.1, 0.15) is 23.0 Å². The molecule has 8 nitrogen and oxygen atoms in total. The van der Waals surface area contributed by atoms with Crippen molar-refractivity contribution in [2.45, 2.75) is 65.0 Å². The summed E-state index contributed by atoms with van der Waals surface area (Å²) in [5, 5.41) is 4.40.